The van der Waals surface area contributed by atoms with E-state index in [1.807, 2.05) is 4.98 Å². The van der Waals surface area contributed by atoms with Gasteiger partial charge in [-0.1, -0.05) is 0 Å². The van der Waals surface area contributed by atoms with Crippen molar-refractivity contribution in [3.05, 3.63) is 45.2 Å². The van der Waals surface area contributed by atoms with Crippen LogP contribution in [0.25, 0.3) is 16.6 Å². The number of rotatable bonds is 1. The van der Waals surface area contributed by atoms with E-state index in [-0.39, 0.29) is 11.1 Å². The molecule has 18 heavy (non-hydrogen) atoms. The lowest BCUT2D eigenvalue weighted by Crippen LogP contribution is -2.16. The highest BCUT2D eigenvalue weighted by Gasteiger charge is 2.15. The normalized spacial score (nSPS) is 11.2. The van der Waals surface area contributed by atoms with Crippen molar-refractivity contribution in [2.24, 2.45) is 7.05 Å². The molecule has 0 aliphatic rings. The van der Waals surface area contributed by atoms with Gasteiger partial charge in [0, 0.05) is 7.05 Å². The molecule has 2 aromatic heterocycles. The molecule has 0 aliphatic carbocycles. The van der Waals surface area contributed by atoms with E-state index in [0.717, 1.165) is 0 Å². The molecule has 1 N–H and O–H groups in total. The van der Waals surface area contributed by atoms with Crippen molar-refractivity contribution < 1.29 is 8.91 Å². The molecule has 2 heterocycles. The molecule has 0 saturated heterocycles. The van der Waals surface area contributed by atoms with Gasteiger partial charge in [-0.2, -0.15) is 5.10 Å². The number of halogens is 1. The molecule has 0 fully saturated rings. The molecule has 3 aromatic rings. The molecule has 0 saturated carbocycles. The van der Waals surface area contributed by atoms with Crippen LogP contribution in [0, 0.1) is 5.82 Å². The fraction of sp³-hybridized carbons (Fsp3) is 0.100. The predicted molar refractivity (Wildman–Crippen MR) is 59.2 cm³/mol. The Morgan fingerprint density at radius 1 is 1.39 bits per heavy atom. The number of nitrogens with one attached hydrogen (secondary N) is 1. The Kier molecular flexibility index (Phi) is 2.00. The van der Waals surface area contributed by atoms with Crippen LogP contribution in [0.3, 0.4) is 0 Å². The van der Waals surface area contributed by atoms with Crippen LogP contribution in [0.4, 0.5) is 4.39 Å². The molecule has 0 unspecified atom stereocenters. The molecule has 0 radical (unpaired) electrons. The van der Waals surface area contributed by atoms with Gasteiger partial charge >= 0.3 is 11.4 Å². The van der Waals surface area contributed by atoms with Crippen LogP contribution in [-0.2, 0) is 7.05 Å². The molecule has 1 aromatic carbocycles. The number of aromatic nitrogens is 4. The number of H-pyrrole nitrogens is 1. The summed E-state index contributed by atoms with van der Waals surface area (Å²) in [4.78, 5) is 24.1. The summed E-state index contributed by atoms with van der Waals surface area (Å²) in [6, 6.07) is 2.93. The van der Waals surface area contributed by atoms with Gasteiger partial charge in [0.1, 0.15) is 5.69 Å². The molecule has 92 valence electrons. The third-order valence-corrected chi connectivity index (χ3v) is 2.63. The lowest BCUT2D eigenvalue weighted by atomic mass is 10.2. The van der Waals surface area contributed by atoms with Gasteiger partial charge in [0.05, 0.1) is 17.1 Å². The summed E-state index contributed by atoms with van der Waals surface area (Å²) in [5, 5.41) is 4.15. The first-order valence-corrected chi connectivity index (χ1v) is 5.01. The van der Waals surface area contributed by atoms with E-state index in [1.165, 1.54) is 16.9 Å². The van der Waals surface area contributed by atoms with Crippen molar-refractivity contribution in [1.29, 1.82) is 0 Å². The van der Waals surface area contributed by atoms with E-state index >= 15 is 0 Å². The highest BCUT2D eigenvalue weighted by Crippen LogP contribution is 2.21. The summed E-state index contributed by atoms with van der Waals surface area (Å²) in [5.41, 5.74) is -0.400. The average Bonchev–Trinajstić information content (AvgIpc) is 2.84. The van der Waals surface area contributed by atoms with Crippen LogP contribution in [0.15, 0.2) is 32.4 Å². The molecule has 0 spiro atoms. The number of fused-ring (bicyclic) bond motifs is 1. The van der Waals surface area contributed by atoms with E-state index in [1.54, 1.807) is 13.1 Å². The quantitative estimate of drug-likeness (QED) is 0.665. The molecule has 0 bridgehead atoms. The van der Waals surface area contributed by atoms with Gasteiger partial charge in [0.15, 0.2) is 5.82 Å². The van der Waals surface area contributed by atoms with Crippen molar-refractivity contribution in [2.75, 3.05) is 0 Å². The molecule has 3 rings (SSSR count). The fourth-order valence-corrected chi connectivity index (χ4v) is 1.78. The summed E-state index contributed by atoms with van der Waals surface area (Å²) >= 11 is 0. The number of hydrogen-bond acceptors (Lipinski definition) is 4. The summed E-state index contributed by atoms with van der Waals surface area (Å²) in [6.45, 7) is 0. The van der Waals surface area contributed by atoms with Gasteiger partial charge in [-0.25, -0.2) is 19.0 Å². The van der Waals surface area contributed by atoms with Crippen molar-refractivity contribution in [3.63, 3.8) is 0 Å². The van der Waals surface area contributed by atoms with E-state index in [2.05, 4.69) is 9.62 Å². The first-order valence-electron chi connectivity index (χ1n) is 5.01. The van der Waals surface area contributed by atoms with Crippen molar-refractivity contribution in [3.8, 4) is 5.69 Å². The Morgan fingerprint density at radius 3 is 2.83 bits per heavy atom. The van der Waals surface area contributed by atoms with Crippen molar-refractivity contribution in [1.82, 2.24) is 19.5 Å². The predicted octanol–water partition coefficient (Wildman–Crippen LogP) is 0.145. The lowest BCUT2D eigenvalue weighted by Gasteiger charge is -2.01. The Labute approximate surface area is 98.0 Å². The van der Waals surface area contributed by atoms with E-state index in [4.69, 9.17) is 0 Å². The topological polar surface area (TPSA) is 85.8 Å². The van der Waals surface area contributed by atoms with Gasteiger partial charge in [-0.3, -0.25) is 4.68 Å². The third-order valence-electron chi connectivity index (χ3n) is 2.63. The highest BCUT2D eigenvalue weighted by molar-refractivity contribution is 5.81. The summed E-state index contributed by atoms with van der Waals surface area (Å²) < 4.78 is 20.8. The molecule has 0 aliphatic heterocycles. The summed E-state index contributed by atoms with van der Waals surface area (Å²) in [6.07, 6.45) is 1.34. The second-order valence-corrected chi connectivity index (χ2v) is 3.70. The van der Waals surface area contributed by atoms with E-state index in [0.29, 0.717) is 10.3 Å². The van der Waals surface area contributed by atoms with Crippen LogP contribution in [0.5, 0.6) is 0 Å². The minimum Gasteiger partial charge on any atom is -0.312 e. The first-order chi connectivity index (χ1) is 8.58. The van der Waals surface area contributed by atoms with Gasteiger partial charge in [-0.15, -0.1) is 4.74 Å². The number of nitrogens with zero attached hydrogens (tertiary/aromatic N) is 3. The lowest BCUT2D eigenvalue weighted by molar-refractivity contribution is 0.309. The zero-order valence-corrected chi connectivity index (χ0v) is 9.18. The Hall–Kier alpha value is -2.64. The minimum atomic E-state index is -0.939. The molecule has 0 amide bonds. The first kappa shape index (κ1) is 10.5. The maximum Gasteiger partial charge on any atom is 0.440 e. The van der Waals surface area contributed by atoms with Gasteiger partial charge in [0.2, 0.25) is 0 Å². The molecule has 7 nitrogen and oxygen atoms in total. The third kappa shape index (κ3) is 1.32. The number of benzene rings is 1. The highest BCUT2D eigenvalue weighted by atomic mass is 19.1. The maximum atomic E-state index is 14.2. The second kappa shape index (κ2) is 3.42. The van der Waals surface area contributed by atoms with E-state index < -0.39 is 17.3 Å². The van der Waals surface area contributed by atoms with Crippen LogP contribution in [-0.4, -0.2) is 19.5 Å². The van der Waals surface area contributed by atoms with Gasteiger partial charge in [0.25, 0.3) is 0 Å². The molecular formula is C10H7FN4O3. The monoisotopic (exact) mass is 250 g/mol. The molecular weight excluding hydrogens is 243 g/mol. The number of aryl methyl sites for hydroxylation is 1. The largest absolute Gasteiger partial charge is 0.440 e. The smallest absolute Gasteiger partial charge is 0.312 e. The molecule has 0 atom stereocenters. The van der Waals surface area contributed by atoms with Crippen LogP contribution < -0.4 is 11.4 Å². The van der Waals surface area contributed by atoms with E-state index in [9.17, 15) is 14.0 Å². The summed E-state index contributed by atoms with van der Waals surface area (Å²) in [5.74, 6) is -1.61. The average molecular weight is 250 g/mol. The number of hydrogen-bond donors (Lipinski definition) is 1. The zero-order chi connectivity index (χ0) is 12.9. The Bertz CT molecular complexity index is 854. The molecule has 8 heteroatoms. The van der Waals surface area contributed by atoms with Crippen LogP contribution in [0.1, 0.15) is 0 Å². The standard InChI is InChI=1S/C10H7FN4O3/c1-14-6-2-3-7(8(11)5(6)4-12-14)15-9(16)13-10(17)18-15/h2-4H,1H3,(H,13,16,17). The Balaban J connectivity index is 2.37. The van der Waals surface area contributed by atoms with Crippen LogP contribution >= 0.6 is 0 Å². The van der Waals surface area contributed by atoms with Crippen LogP contribution in [0.2, 0.25) is 0 Å². The summed E-state index contributed by atoms with van der Waals surface area (Å²) in [7, 11) is 1.67. The van der Waals surface area contributed by atoms with Crippen molar-refractivity contribution >= 4 is 10.9 Å². The SMILES string of the molecule is Cn1ncc2c(F)c(-n3oc(=O)[nH]c3=O)ccc21. The zero-order valence-electron chi connectivity index (χ0n) is 9.18. The maximum absolute atomic E-state index is 14.2. The van der Waals surface area contributed by atoms with Crippen molar-refractivity contribution in [2.45, 2.75) is 0 Å². The number of aromatic amines is 1. The minimum absolute atomic E-state index is 0.140. The second-order valence-electron chi connectivity index (χ2n) is 3.70. The Morgan fingerprint density at radius 2 is 2.17 bits per heavy atom. The fourth-order valence-electron chi connectivity index (χ4n) is 1.78. The van der Waals surface area contributed by atoms with Gasteiger partial charge in [-0.05, 0) is 12.1 Å². The van der Waals surface area contributed by atoms with Gasteiger partial charge < -0.3 is 4.52 Å².